The fourth-order valence-corrected chi connectivity index (χ4v) is 8.08. The van der Waals surface area contributed by atoms with Crippen molar-refractivity contribution in [2.45, 2.75) is 131 Å². The Balaban J connectivity index is 1.84. The van der Waals surface area contributed by atoms with Gasteiger partial charge in [-0.25, -0.2) is 0 Å². The third-order valence-electron chi connectivity index (χ3n) is 8.11. The molecule has 0 saturated carbocycles. The predicted octanol–water partition coefficient (Wildman–Crippen LogP) is 10.7. The van der Waals surface area contributed by atoms with Gasteiger partial charge in [-0.3, -0.25) is 4.79 Å². The molecule has 0 saturated heterocycles. The van der Waals surface area contributed by atoms with Crippen molar-refractivity contribution in [2.75, 3.05) is 39.6 Å². The van der Waals surface area contributed by atoms with E-state index in [-0.39, 0.29) is 5.91 Å². The van der Waals surface area contributed by atoms with Crippen LogP contribution in [0, 0.1) is 0 Å². The molecule has 0 aromatic heterocycles. The van der Waals surface area contributed by atoms with Crippen LogP contribution in [-0.2, 0) is 24.5 Å². The Hall–Kier alpha value is -2.79. The van der Waals surface area contributed by atoms with Gasteiger partial charge in [0.05, 0.1) is 18.9 Å². The fraction of sp³-hybridized carbons (Fsp3) is 0.667. The maximum absolute atomic E-state index is 12.4. The van der Waals surface area contributed by atoms with Crippen molar-refractivity contribution in [3.05, 3.63) is 48.0 Å². The van der Waals surface area contributed by atoms with Gasteiger partial charge in [0.2, 0.25) is 5.91 Å². The van der Waals surface area contributed by atoms with Crippen LogP contribution < -0.4 is 14.8 Å². The largest absolute Gasteiger partial charge is 0.500 e. The zero-order valence-electron chi connectivity index (χ0n) is 31.2. The van der Waals surface area contributed by atoms with Crippen molar-refractivity contribution < 1.29 is 27.5 Å². The van der Waals surface area contributed by atoms with E-state index in [0.29, 0.717) is 63.5 Å². The molecule has 1 N–H and O–H groups in total. The number of hydrogen-bond donors (Lipinski definition) is 1. The van der Waals surface area contributed by atoms with E-state index in [1.165, 1.54) is 50.5 Å². The maximum Gasteiger partial charge on any atom is 0.500 e. The van der Waals surface area contributed by atoms with Crippen molar-refractivity contribution in [3.8, 4) is 11.5 Å². The van der Waals surface area contributed by atoms with E-state index in [4.69, 9.17) is 22.8 Å². The topological polar surface area (TPSA) is 100.0 Å². The Kier molecular flexibility index (Phi) is 23.3. The second-order valence-corrected chi connectivity index (χ2v) is 15.0. The number of carbonyl (C=O) groups excluding carboxylic acids is 1. The summed E-state index contributed by atoms with van der Waals surface area (Å²) in [5.74, 6) is 1.50. The lowest BCUT2D eigenvalue weighted by atomic mass is 10.1. The van der Waals surface area contributed by atoms with Crippen LogP contribution in [0.5, 0.6) is 11.5 Å². The van der Waals surface area contributed by atoms with Crippen molar-refractivity contribution >= 4 is 26.1 Å². The molecule has 9 nitrogen and oxygen atoms in total. The smallest absolute Gasteiger partial charge is 0.493 e. The molecule has 0 fully saturated rings. The SMILES string of the molecule is CCCCCCOc1ccc(N=Nc2ccc(CCCCCC)cc2)c(OCCCCCC(=O)NCCC[Si](OCC)(OCC)OCC)c1. The molecule has 49 heavy (non-hydrogen) atoms. The molecule has 0 atom stereocenters. The number of aryl methyl sites for hydroxylation is 1. The highest BCUT2D eigenvalue weighted by Crippen LogP contribution is 2.33. The molecule has 0 bridgehead atoms. The Labute approximate surface area is 298 Å². The van der Waals surface area contributed by atoms with Gasteiger partial charge in [0.25, 0.3) is 0 Å². The molecule has 0 heterocycles. The highest BCUT2D eigenvalue weighted by Gasteiger charge is 2.39. The number of nitrogens with zero attached hydrogens (tertiary/aromatic N) is 2. The highest BCUT2D eigenvalue weighted by molar-refractivity contribution is 6.60. The highest BCUT2D eigenvalue weighted by atomic mass is 28.4. The second kappa shape index (κ2) is 27.0. The van der Waals surface area contributed by atoms with Gasteiger partial charge in [-0.2, -0.15) is 5.11 Å². The minimum Gasteiger partial charge on any atom is -0.493 e. The zero-order valence-corrected chi connectivity index (χ0v) is 32.2. The summed E-state index contributed by atoms with van der Waals surface area (Å²) in [4.78, 5) is 12.4. The predicted molar refractivity (Wildman–Crippen MR) is 202 cm³/mol. The summed E-state index contributed by atoms with van der Waals surface area (Å²) in [5.41, 5.74) is 2.82. The van der Waals surface area contributed by atoms with E-state index < -0.39 is 8.80 Å². The molecule has 0 aliphatic heterocycles. The van der Waals surface area contributed by atoms with Crippen molar-refractivity contribution in [3.63, 3.8) is 0 Å². The van der Waals surface area contributed by atoms with E-state index in [0.717, 1.165) is 50.0 Å². The van der Waals surface area contributed by atoms with E-state index in [1.807, 2.05) is 51.1 Å². The normalized spacial score (nSPS) is 11.7. The number of carbonyl (C=O) groups is 1. The molecule has 0 radical (unpaired) electrons. The summed E-state index contributed by atoms with van der Waals surface area (Å²) >= 11 is 0. The fourth-order valence-electron chi connectivity index (χ4n) is 5.47. The lowest BCUT2D eigenvalue weighted by molar-refractivity contribution is -0.121. The Bertz CT molecular complexity index is 1150. The first-order valence-electron chi connectivity index (χ1n) is 19.1. The quantitative estimate of drug-likeness (QED) is 0.0495. The Morgan fingerprint density at radius 3 is 1.96 bits per heavy atom. The Morgan fingerprint density at radius 1 is 0.673 bits per heavy atom. The van der Waals surface area contributed by atoms with Crippen LogP contribution in [0.15, 0.2) is 52.7 Å². The molecule has 2 aromatic rings. The summed E-state index contributed by atoms with van der Waals surface area (Å²) in [7, 11) is -2.67. The minimum atomic E-state index is -2.67. The van der Waals surface area contributed by atoms with Crippen LogP contribution in [0.25, 0.3) is 0 Å². The number of nitrogens with one attached hydrogen (secondary N) is 1. The molecule has 1 amide bonds. The molecular formula is C39H65N3O6Si. The number of azo groups is 1. The average Bonchev–Trinajstić information content (AvgIpc) is 3.10. The lowest BCUT2D eigenvalue weighted by Crippen LogP contribution is -2.46. The van der Waals surface area contributed by atoms with Gasteiger partial charge in [-0.1, -0.05) is 64.5 Å². The molecular weight excluding hydrogens is 635 g/mol. The van der Waals surface area contributed by atoms with Gasteiger partial charge >= 0.3 is 8.80 Å². The van der Waals surface area contributed by atoms with E-state index >= 15 is 0 Å². The van der Waals surface area contributed by atoms with Crippen LogP contribution in [0.1, 0.15) is 124 Å². The minimum absolute atomic E-state index is 0.0634. The van der Waals surface area contributed by atoms with Crippen LogP contribution in [0.2, 0.25) is 6.04 Å². The van der Waals surface area contributed by atoms with Crippen LogP contribution in [0.4, 0.5) is 11.4 Å². The van der Waals surface area contributed by atoms with Crippen molar-refractivity contribution in [1.82, 2.24) is 5.32 Å². The van der Waals surface area contributed by atoms with Crippen molar-refractivity contribution in [1.29, 1.82) is 0 Å². The summed E-state index contributed by atoms with van der Waals surface area (Å²) in [6, 6.07) is 14.8. The zero-order chi connectivity index (χ0) is 35.4. The van der Waals surface area contributed by atoms with Crippen LogP contribution >= 0.6 is 0 Å². The first-order valence-corrected chi connectivity index (χ1v) is 21.0. The number of ether oxygens (including phenoxy) is 2. The molecule has 0 aliphatic rings. The number of unbranched alkanes of at least 4 members (excludes halogenated alkanes) is 8. The summed E-state index contributed by atoms with van der Waals surface area (Å²) < 4.78 is 29.9. The monoisotopic (exact) mass is 699 g/mol. The maximum atomic E-state index is 12.4. The summed E-state index contributed by atoms with van der Waals surface area (Å²) in [6.07, 6.45) is 14.5. The molecule has 0 aliphatic carbocycles. The summed E-state index contributed by atoms with van der Waals surface area (Å²) in [5, 5.41) is 12.1. The van der Waals surface area contributed by atoms with E-state index in [2.05, 4.69) is 41.5 Å². The number of benzene rings is 2. The molecule has 0 spiro atoms. The molecule has 2 rings (SSSR count). The molecule has 2 aromatic carbocycles. The average molecular weight is 700 g/mol. The van der Waals surface area contributed by atoms with Gasteiger partial charge in [0.1, 0.15) is 17.2 Å². The second-order valence-electron chi connectivity index (χ2n) is 12.3. The molecule has 276 valence electrons. The van der Waals surface area contributed by atoms with E-state index in [1.54, 1.807) is 0 Å². The van der Waals surface area contributed by atoms with Gasteiger partial charge in [0.15, 0.2) is 0 Å². The van der Waals surface area contributed by atoms with Crippen LogP contribution in [-0.4, -0.2) is 54.3 Å². The number of amides is 1. The third kappa shape index (κ3) is 18.7. The lowest BCUT2D eigenvalue weighted by Gasteiger charge is -2.28. The Morgan fingerprint density at radius 2 is 1.31 bits per heavy atom. The molecule has 0 unspecified atom stereocenters. The number of rotatable bonds is 30. The summed E-state index contributed by atoms with van der Waals surface area (Å²) in [6.45, 7) is 13.8. The van der Waals surface area contributed by atoms with Gasteiger partial charge in [0, 0.05) is 44.9 Å². The standard InChI is InChI=1S/C39H65N3O6Si/c1-6-11-13-16-21-34-23-25-35(26-24-34)41-42-37-28-27-36(44-30-18-14-12-7-2)33-38(37)45-31-19-15-17-22-39(43)40-29-20-32-49(46-8-3,47-9-4)48-10-5/h23-28,33H,6-22,29-32H2,1-5H3,(H,40,43). The van der Waals surface area contributed by atoms with E-state index in [9.17, 15) is 4.79 Å². The first-order chi connectivity index (χ1) is 24.0. The third-order valence-corrected chi connectivity index (χ3v) is 11.3. The first kappa shape index (κ1) is 42.4. The molecule has 10 heteroatoms. The van der Waals surface area contributed by atoms with Crippen molar-refractivity contribution in [2.24, 2.45) is 10.2 Å². The van der Waals surface area contributed by atoms with Gasteiger partial charge in [-0.05, 0) is 95.5 Å². The van der Waals surface area contributed by atoms with Gasteiger partial charge in [-0.15, -0.1) is 5.11 Å². The van der Waals surface area contributed by atoms with Gasteiger partial charge < -0.3 is 28.1 Å². The number of hydrogen-bond acceptors (Lipinski definition) is 8. The van der Waals surface area contributed by atoms with Crippen LogP contribution in [0.3, 0.4) is 0 Å².